The van der Waals surface area contributed by atoms with Gasteiger partial charge in [-0.1, -0.05) is 31.2 Å². The molecule has 0 amide bonds. The van der Waals surface area contributed by atoms with Gasteiger partial charge in [-0.3, -0.25) is 4.98 Å². The maximum absolute atomic E-state index is 5.59. The lowest BCUT2D eigenvalue weighted by atomic mass is 10.0. The zero-order valence-corrected chi connectivity index (χ0v) is 11.7. The van der Waals surface area contributed by atoms with Crippen molar-refractivity contribution in [2.75, 3.05) is 20.3 Å². The second-order valence-corrected chi connectivity index (χ2v) is 4.66. The summed E-state index contributed by atoms with van der Waals surface area (Å²) < 4.78 is 5.59. The summed E-state index contributed by atoms with van der Waals surface area (Å²) in [4.78, 5) is 4.51. The first kappa shape index (κ1) is 14.0. The molecule has 1 aromatic heterocycles. The van der Waals surface area contributed by atoms with Crippen molar-refractivity contribution in [2.45, 2.75) is 25.8 Å². The molecule has 0 bridgehead atoms. The molecule has 0 saturated heterocycles. The molecule has 1 aromatic carbocycles. The predicted molar refractivity (Wildman–Crippen MR) is 79.3 cm³/mol. The molecule has 1 N–H and O–H groups in total. The normalized spacial score (nSPS) is 12.7. The zero-order chi connectivity index (χ0) is 13.5. The maximum atomic E-state index is 5.59. The SMILES string of the molecule is CCCOCCC(NC)c1cccc2cccnc12. The Bertz CT molecular complexity index is 508. The topological polar surface area (TPSA) is 34.1 Å². The molecule has 2 aromatic rings. The van der Waals surface area contributed by atoms with Crippen molar-refractivity contribution >= 4 is 10.9 Å². The van der Waals surface area contributed by atoms with Crippen LogP contribution in [0, 0.1) is 0 Å². The molecule has 0 radical (unpaired) electrons. The highest BCUT2D eigenvalue weighted by molar-refractivity contribution is 5.81. The number of fused-ring (bicyclic) bond motifs is 1. The number of hydrogen-bond acceptors (Lipinski definition) is 3. The molecule has 102 valence electrons. The fourth-order valence-electron chi connectivity index (χ4n) is 2.31. The predicted octanol–water partition coefficient (Wildman–Crippen LogP) is 3.31. The summed E-state index contributed by atoms with van der Waals surface area (Å²) in [5, 5.41) is 4.56. The lowest BCUT2D eigenvalue weighted by molar-refractivity contribution is 0.125. The second-order valence-electron chi connectivity index (χ2n) is 4.66. The summed E-state index contributed by atoms with van der Waals surface area (Å²) in [7, 11) is 1.99. The maximum Gasteiger partial charge on any atom is 0.0749 e. The number of pyridine rings is 1. The number of aromatic nitrogens is 1. The van der Waals surface area contributed by atoms with E-state index in [1.165, 1.54) is 10.9 Å². The van der Waals surface area contributed by atoms with Gasteiger partial charge < -0.3 is 10.1 Å². The van der Waals surface area contributed by atoms with E-state index >= 15 is 0 Å². The summed E-state index contributed by atoms with van der Waals surface area (Å²) in [6, 6.07) is 10.7. The van der Waals surface area contributed by atoms with E-state index in [1.54, 1.807) is 0 Å². The second kappa shape index (κ2) is 7.22. The van der Waals surface area contributed by atoms with Crippen LogP contribution in [0.3, 0.4) is 0 Å². The number of benzene rings is 1. The van der Waals surface area contributed by atoms with Crippen LogP contribution < -0.4 is 5.32 Å². The Balaban J connectivity index is 2.16. The van der Waals surface area contributed by atoms with E-state index in [1.807, 2.05) is 19.3 Å². The number of ether oxygens (including phenoxy) is 1. The van der Waals surface area contributed by atoms with Gasteiger partial charge in [0.25, 0.3) is 0 Å². The largest absolute Gasteiger partial charge is 0.381 e. The van der Waals surface area contributed by atoms with E-state index < -0.39 is 0 Å². The number of para-hydroxylation sites is 1. The lowest BCUT2D eigenvalue weighted by Gasteiger charge is -2.18. The van der Waals surface area contributed by atoms with E-state index in [0.717, 1.165) is 31.6 Å². The Hall–Kier alpha value is -1.45. The van der Waals surface area contributed by atoms with Crippen molar-refractivity contribution in [1.82, 2.24) is 10.3 Å². The smallest absolute Gasteiger partial charge is 0.0749 e. The minimum atomic E-state index is 0.287. The van der Waals surface area contributed by atoms with E-state index in [4.69, 9.17) is 4.74 Å². The van der Waals surface area contributed by atoms with E-state index in [9.17, 15) is 0 Å². The highest BCUT2D eigenvalue weighted by Crippen LogP contribution is 2.24. The van der Waals surface area contributed by atoms with Gasteiger partial charge in [-0.2, -0.15) is 0 Å². The van der Waals surface area contributed by atoms with Crippen LogP contribution in [0.1, 0.15) is 31.4 Å². The Morgan fingerprint density at radius 3 is 2.84 bits per heavy atom. The molecular formula is C16H22N2O. The first-order valence-electron chi connectivity index (χ1n) is 6.95. The third-order valence-electron chi connectivity index (χ3n) is 3.29. The van der Waals surface area contributed by atoms with Gasteiger partial charge >= 0.3 is 0 Å². The molecule has 0 saturated carbocycles. The van der Waals surface area contributed by atoms with Gasteiger partial charge in [0.15, 0.2) is 0 Å². The number of nitrogens with zero attached hydrogens (tertiary/aromatic N) is 1. The minimum Gasteiger partial charge on any atom is -0.381 e. The van der Waals surface area contributed by atoms with Gasteiger partial charge in [-0.25, -0.2) is 0 Å². The summed E-state index contributed by atoms with van der Waals surface area (Å²) in [5.74, 6) is 0. The highest BCUT2D eigenvalue weighted by atomic mass is 16.5. The Labute approximate surface area is 115 Å². The van der Waals surface area contributed by atoms with Crippen LogP contribution in [-0.4, -0.2) is 25.2 Å². The molecule has 2 rings (SSSR count). The van der Waals surface area contributed by atoms with Crippen LogP contribution in [0.5, 0.6) is 0 Å². The van der Waals surface area contributed by atoms with E-state index in [0.29, 0.717) is 0 Å². The highest BCUT2D eigenvalue weighted by Gasteiger charge is 2.12. The third kappa shape index (κ3) is 3.52. The third-order valence-corrected chi connectivity index (χ3v) is 3.29. The fourth-order valence-corrected chi connectivity index (χ4v) is 2.31. The Morgan fingerprint density at radius 2 is 2.05 bits per heavy atom. The van der Waals surface area contributed by atoms with Crippen LogP contribution in [0.25, 0.3) is 10.9 Å². The number of rotatable bonds is 7. The van der Waals surface area contributed by atoms with Crippen molar-refractivity contribution < 1.29 is 4.74 Å². The van der Waals surface area contributed by atoms with E-state index in [2.05, 4.69) is 41.5 Å². The van der Waals surface area contributed by atoms with Crippen LogP contribution in [0.2, 0.25) is 0 Å². The Morgan fingerprint density at radius 1 is 1.21 bits per heavy atom. The van der Waals surface area contributed by atoms with Gasteiger partial charge in [-0.15, -0.1) is 0 Å². The molecular weight excluding hydrogens is 236 g/mol. The van der Waals surface area contributed by atoms with Gasteiger partial charge in [0.1, 0.15) is 0 Å². The monoisotopic (exact) mass is 258 g/mol. The quantitative estimate of drug-likeness (QED) is 0.774. The van der Waals surface area contributed by atoms with Gasteiger partial charge in [0.05, 0.1) is 5.52 Å². The molecule has 0 spiro atoms. The minimum absolute atomic E-state index is 0.287. The van der Waals surface area contributed by atoms with Crippen molar-refractivity contribution in [3.63, 3.8) is 0 Å². The van der Waals surface area contributed by atoms with Crippen molar-refractivity contribution in [2.24, 2.45) is 0 Å². The van der Waals surface area contributed by atoms with E-state index in [-0.39, 0.29) is 6.04 Å². The Kier molecular flexibility index (Phi) is 5.31. The molecule has 3 nitrogen and oxygen atoms in total. The van der Waals surface area contributed by atoms with Crippen molar-refractivity contribution in [1.29, 1.82) is 0 Å². The van der Waals surface area contributed by atoms with Gasteiger partial charge in [0.2, 0.25) is 0 Å². The molecule has 3 heteroatoms. The van der Waals surface area contributed by atoms with Gasteiger partial charge in [0, 0.05) is 30.8 Å². The van der Waals surface area contributed by atoms with Crippen LogP contribution in [0.4, 0.5) is 0 Å². The van der Waals surface area contributed by atoms with Crippen LogP contribution in [0.15, 0.2) is 36.5 Å². The zero-order valence-electron chi connectivity index (χ0n) is 11.7. The summed E-state index contributed by atoms with van der Waals surface area (Å²) >= 11 is 0. The standard InChI is InChI=1S/C16H22N2O/c1-3-11-19-12-9-15(17-2)14-8-4-6-13-7-5-10-18-16(13)14/h4-8,10,15,17H,3,9,11-12H2,1-2H3. The molecule has 0 aliphatic carbocycles. The summed E-state index contributed by atoms with van der Waals surface area (Å²) in [6.07, 6.45) is 3.89. The van der Waals surface area contributed by atoms with Crippen LogP contribution >= 0.6 is 0 Å². The fraction of sp³-hybridized carbons (Fsp3) is 0.438. The summed E-state index contributed by atoms with van der Waals surface area (Å²) in [5.41, 5.74) is 2.33. The van der Waals surface area contributed by atoms with Crippen molar-refractivity contribution in [3.8, 4) is 0 Å². The number of hydrogen-bond donors (Lipinski definition) is 1. The first-order chi connectivity index (χ1) is 9.36. The van der Waals surface area contributed by atoms with Crippen LogP contribution in [-0.2, 0) is 4.74 Å². The van der Waals surface area contributed by atoms with Gasteiger partial charge in [-0.05, 0) is 31.5 Å². The molecule has 1 heterocycles. The molecule has 1 unspecified atom stereocenters. The first-order valence-corrected chi connectivity index (χ1v) is 6.95. The summed E-state index contributed by atoms with van der Waals surface area (Å²) in [6.45, 7) is 3.75. The van der Waals surface area contributed by atoms with Crippen molar-refractivity contribution in [3.05, 3.63) is 42.1 Å². The number of nitrogens with one attached hydrogen (secondary N) is 1. The molecule has 0 aliphatic heterocycles. The lowest BCUT2D eigenvalue weighted by Crippen LogP contribution is -2.19. The molecule has 19 heavy (non-hydrogen) atoms. The molecule has 0 aliphatic rings. The molecule has 0 fully saturated rings. The average molecular weight is 258 g/mol. The molecule has 1 atom stereocenters. The average Bonchev–Trinajstić information content (AvgIpc) is 2.47.